The van der Waals surface area contributed by atoms with Crippen LogP contribution in [0.3, 0.4) is 0 Å². The summed E-state index contributed by atoms with van der Waals surface area (Å²) < 4.78 is 0. The SMILES string of the molecule is CC[C@H](N)[C@@H](O)c1ccccc1C. The van der Waals surface area contributed by atoms with E-state index in [4.69, 9.17) is 5.73 Å². The summed E-state index contributed by atoms with van der Waals surface area (Å²) in [5, 5.41) is 9.84. The van der Waals surface area contributed by atoms with Crippen LogP contribution < -0.4 is 5.73 Å². The molecule has 0 aromatic heterocycles. The Morgan fingerprint density at radius 1 is 1.38 bits per heavy atom. The van der Waals surface area contributed by atoms with E-state index < -0.39 is 6.10 Å². The maximum absolute atomic E-state index is 9.84. The lowest BCUT2D eigenvalue weighted by molar-refractivity contribution is 0.144. The van der Waals surface area contributed by atoms with Gasteiger partial charge in [0.05, 0.1) is 6.10 Å². The fourth-order valence-electron chi connectivity index (χ4n) is 1.37. The van der Waals surface area contributed by atoms with E-state index in [1.807, 2.05) is 38.1 Å². The fourth-order valence-corrected chi connectivity index (χ4v) is 1.37. The van der Waals surface area contributed by atoms with Gasteiger partial charge in [-0.15, -0.1) is 0 Å². The molecule has 0 aliphatic rings. The molecule has 0 bridgehead atoms. The van der Waals surface area contributed by atoms with E-state index >= 15 is 0 Å². The van der Waals surface area contributed by atoms with Crippen molar-refractivity contribution in [3.63, 3.8) is 0 Å². The maximum Gasteiger partial charge on any atom is 0.0943 e. The van der Waals surface area contributed by atoms with Gasteiger partial charge in [0.25, 0.3) is 0 Å². The number of aryl methyl sites for hydroxylation is 1. The Hall–Kier alpha value is -0.860. The Bertz CT molecular complexity index is 273. The number of aliphatic hydroxyl groups excluding tert-OH is 1. The molecule has 1 rings (SSSR count). The van der Waals surface area contributed by atoms with E-state index in [0.717, 1.165) is 17.5 Å². The summed E-state index contributed by atoms with van der Waals surface area (Å²) in [6.07, 6.45) is 0.251. The van der Waals surface area contributed by atoms with Gasteiger partial charge in [-0.25, -0.2) is 0 Å². The molecule has 2 atom stereocenters. The van der Waals surface area contributed by atoms with E-state index in [9.17, 15) is 5.11 Å². The summed E-state index contributed by atoms with van der Waals surface area (Å²) in [5.41, 5.74) is 7.81. The Balaban J connectivity index is 2.88. The van der Waals surface area contributed by atoms with Gasteiger partial charge in [-0.05, 0) is 24.5 Å². The van der Waals surface area contributed by atoms with Crippen LogP contribution in [0.4, 0.5) is 0 Å². The van der Waals surface area contributed by atoms with Crippen molar-refractivity contribution in [1.82, 2.24) is 0 Å². The largest absolute Gasteiger partial charge is 0.387 e. The van der Waals surface area contributed by atoms with Gasteiger partial charge in [0.15, 0.2) is 0 Å². The first-order valence-electron chi connectivity index (χ1n) is 4.66. The summed E-state index contributed by atoms with van der Waals surface area (Å²) in [6, 6.07) is 7.63. The van der Waals surface area contributed by atoms with Crippen LogP contribution in [-0.4, -0.2) is 11.1 Å². The molecule has 2 heteroatoms. The summed E-state index contributed by atoms with van der Waals surface area (Å²) in [4.78, 5) is 0. The van der Waals surface area contributed by atoms with E-state index in [2.05, 4.69) is 0 Å². The highest BCUT2D eigenvalue weighted by atomic mass is 16.3. The van der Waals surface area contributed by atoms with Crippen LogP contribution in [0.5, 0.6) is 0 Å². The molecule has 13 heavy (non-hydrogen) atoms. The summed E-state index contributed by atoms with van der Waals surface area (Å²) >= 11 is 0. The second-order valence-electron chi connectivity index (χ2n) is 3.37. The third-order valence-corrected chi connectivity index (χ3v) is 2.38. The molecule has 0 radical (unpaired) electrons. The lowest BCUT2D eigenvalue weighted by atomic mass is 9.97. The molecule has 0 saturated heterocycles. The maximum atomic E-state index is 9.84. The average molecular weight is 179 g/mol. The molecule has 0 amide bonds. The lowest BCUT2D eigenvalue weighted by Gasteiger charge is -2.19. The van der Waals surface area contributed by atoms with Crippen LogP contribution in [0.1, 0.15) is 30.6 Å². The molecule has 0 spiro atoms. The minimum absolute atomic E-state index is 0.166. The molecule has 0 fully saturated rings. The van der Waals surface area contributed by atoms with Crippen LogP contribution >= 0.6 is 0 Å². The first-order chi connectivity index (χ1) is 6.16. The molecule has 0 heterocycles. The van der Waals surface area contributed by atoms with Gasteiger partial charge in [-0.3, -0.25) is 0 Å². The average Bonchev–Trinajstić information content (AvgIpc) is 2.16. The molecule has 0 aliphatic heterocycles. The second-order valence-corrected chi connectivity index (χ2v) is 3.37. The minimum atomic E-state index is -0.536. The highest BCUT2D eigenvalue weighted by Gasteiger charge is 2.15. The molecule has 1 aromatic carbocycles. The van der Waals surface area contributed by atoms with Crippen LogP contribution in [0.15, 0.2) is 24.3 Å². The quantitative estimate of drug-likeness (QED) is 0.742. The van der Waals surface area contributed by atoms with Crippen LogP contribution in [0.2, 0.25) is 0 Å². The van der Waals surface area contributed by atoms with Crippen LogP contribution in [0, 0.1) is 6.92 Å². The third kappa shape index (κ3) is 2.29. The molecule has 0 unspecified atom stereocenters. The van der Waals surface area contributed by atoms with Gasteiger partial charge in [0, 0.05) is 6.04 Å². The van der Waals surface area contributed by atoms with Crippen molar-refractivity contribution in [3.05, 3.63) is 35.4 Å². The van der Waals surface area contributed by atoms with E-state index in [0.29, 0.717) is 0 Å². The number of benzene rings is 1. The van der Waals surface area contributed by atoms with Crippen molar-refractivity contribution >= 4 is 0 Å². The highest BCUT2D eigenvalue weighted by Crippen LogP contribution is 2.20. The molecule has 3 N–H and O–H groups in total. The predicted molar refractivity (Wildman–Crippen MR) is 54.4 cm³/mol. The van der Waals surface area contributed by atoms with Gasteiger partial charge in [0.1, 0.15) is 0 Å². The van der Waals surface area contributed by atoms with Gasteiger partial charge >= 0.3 is 0 Å². The summed E-state index contributed by atoms with van der Waals surface area (Å²) in [5.74, 6) is 0. The van der Waals surface area contributed by atoms with Gasteiger partial charge in [-0.2, -0.15) is 0 Å². The zero-order valence-corrected chi connectivity index (χ0v) is 8.20. The summed E-state index contributed by atoms with van der Waals surface area (Å²) in [6.45, 7) is 3.97. The molecule has 2 nitrogen and oxygen atoms in total. The molecule has 0 aliphatic carbocycles. The Kier molecular flexibility index (Phi) is 3.46. The number of aliphatic hydroxyl groups is 1. The molecule has 0 saturated carbocycles. The monoisotopic (exact) mass is 179 g/mol. The van der Waals surface area contributed by atoms with E-state index in [-0.39, 0.29) is 6.04 Å². The zero-order chi connectivity index (χ0) is 9.84. The first kappa shape index (κ1) is 10.2. The van der Waals surface area contributed by atoms with Crippen molar-refractivity contribution < 1.29 is 5.11 Å². The van der Waals surface area contributed by atoms with E-state index in [1.165, 1.54) is 0 Å². The molecule has 1 aromatic rings. The third-order valence-electron chi connectivity index (χ3n) is 2.38. The highest BCUT2D eigenvalue weighted by molar-refractivity contribution is 5.28. The Labute approximate surface area is 79.4 Å². The number of nitrogens with two attached hydrogens (primary N) is 1. The van der Waals surface area contributed by atoms with Crippen molar-refractivity contribution in [2.24, 2.45) is 5.73 Å². The molecular weight excluding hydrogens is 162 g/mol. The summed E-state index contributed by atoms with van der Waals surface area (Å²) in [7, 11) is 0. The Morgan fingerprint density at radius 3 is 2.54 bits per heavy atom. The van der Waals surface area contributed by atoms with Crippen molar-refractivity contribution in [3.8, 4) is 0 Å². The Morgan fingerprint density at radius 2 is 2.00 bits per heavy atom. The normalized spacial score (nSPS) is 15.4. The van der Waals surface area contributed by atoms with Crippen molar-refractivity contribution in [1.29, 1.82) is 0 Å². The fraction of sp³-hybridized carbons (Fsp3) is 0.455. The predicted octanol–water partition coefficient (Wildman–Crippen LogP) is 1.77. The zero-order valence-electron chi connectivity index (χ0n) is 8.20. The number of rotatable bonds is 3. The smallest absolute Gasteiger partial charge is 0.0943 e. The van der Waals surface area contributed by atoms with E-state index in [1.54, 1.807) is 0 Å². The molecular formula is C11H17NO. The van der Waals surface area contributed by atoms with Crippen molar-refractivity contribution in [2.75, 3.05) is 0 Å². The topological polar surface area (TPSA) is 46.2 Å². The number of hydrogen-bond acceptors (Lipinski definition) is 2. The van der Waals surface area contributed by atoms with Crippen LogP contribution in [0.25, 0.3) is 0 Å². The molecule has 72 valence electrons. The first-order valence-corrected chi connectivity index (χ1v) is 4.66. The van der Waals surface area contributed by atoms with Crippen LogP contribution in [-0.2, 0) is 0 Å². The standard InChI is InChI=1S/C11H17NO/c1-3-10(12)11(13)9-7-5-4-6-8(9)2/h4-7,10-11,13H,3,12H2,1-2H3/t10-,11-/m0/s1. The van der Waals surface area contributed by atoms with Gasteiger partial charge < -0.3 is 10.8 Å². The second kappa shape index (κ2) is 4.40. The van der Waals surface area contributed by atoms with Gasteiger partial charge in [-0.1, -0.05) is 31.2 Å². The van der Waals surface area contributed by atoms with Gasteiger partial charge in [0.2, 0.25) is 0 Å². The minimum Gasteiger partial charge on any atom is -0.387 e. The van der Waals surface area contributed by atoms with Crippen molar-refractivity contribution in [2.45, 2.75) is 32.4 Å². The number of hydrogen-bond donors (Lipinski definition) is 2. The lowest BCUT2D eigenvalue weighted by Crippen LogP contribution is -2.27.